The fourth-order valence-electron chi connectivity index (χ4n) is 1.64. The summed E-state index contributed by atoms with van der Waals surface area (Å²) in [6, 6.07) is 7.99. The number of rotatable bonds is 0. The second kappa shape index (κ2) is 2.80. The van der Waals surface area contributed by atoms with E-state index < -0.39 is 0 Å². The van der Waals surface area contributed by atoms with E-state index in [0.717, 1.165) is 21.5 Å². The Bertz CT molecular complexity index is 604. The van der Waals surface area contributed by atoms with E-state index in [-0.39, 0.29) is 0 Å². The van der Waals surface area contributed by atoms with Crippen molar-refractivity contribution in [2.24, 2.45) is 4.99 Å². The van der Waals surface area contributed by atoms with Crippen LogP contribution in [0.15, 0.2) is 35.5 Å². The van der Waals surface area contributed by atoms with E-state index in [1.165, 1.54) is 0 Å². The van der Waals surface area contributed by atoms with Gasteiger partial charge in [0.2, 0.25) is 0 Å². The van der Waals surface area contributed by atoms with Gasteiger partial charge in [0.05, 0.1) is 22.4 Å². The second-order valence-electron chi connectivity index (χ2n) is 3.15. The number of pyridine rings is 1. The Kier molecular flexibility index (Phi) is 1.50. The Morgan fingerprint density at radius 2 is 2.21 bits per heavy atom. The molecule has 0 fully saturated rings. The van der Waals surface area contributed by atoms with Crippen LogP contribution in [0.3, 0.4) is 0 Å². The zero-order valence-electron chi connectivity index (χ0n) is 7.47. The van der Waals surface area contributed by atoms with E-state index in [2.05, 4.69) is 9.98 Å². The molecule has 0 unspecified atom stereocenters. The molecule has 0 aliphatic carbocycles. The summed E-state index contributed by atoms with van der Waals surface area (Å²) in [6.07, 6.45) is 3.52. The van der Waals surface area contributed by atoms with Gasteiger partial charge in [-0.1, -0.05) is 12.1 Å². The van der Waals surface area contributed by atoms with Crippen molar-refractivity contribution in [2.45, 2.75) is 0 Å². The van der Waals surface area contributed by atoms with Crippen molar-refractivity contribution in [1.29, 1.82) is 0 Å². The third-order valence-electron chi connectivity index (χ3n) is 2.30. The van der Waals surface area contributed by atoms with Gasteiger partial charge >= 0.3 is 0 Å². The largest absolute Gasteiger partial charge is 0.478 e. The molecule has 1 aliphatic heterocycles. The van der Waals surface area contributed by atoms with Gasteiger partial charge in [-0.15, -0.1) is 0 Å². The Morgan fingerprint density at radius 1 is 1.21 bits per heavy atom. The van der Waals surface area contributed by atoms with E-state index in [4.69, 9.17) is 4.74 Å². The van der Waals surface area contributed by atoms with Crippen LogP contribution in [0.4, 0.5) is 0 Å². The fraction of sp³-hybridized carbons (Fsp3) is 0.0909. The van der Waals surface area contributed by atoms with Crippen LogP contribution in [-0.4, -0.2) is 11.7 Å². The molecular weight excluding hydrogens is 176 g/mol. The highest BCUT2D eigenvalue weighted by Crippen LogP contribution is 2.03. The monoisotopic (exact) mass is 184 g/mol. The maximum atomic E-state index is 5.17. The first-order chi connectivity index (χ1) is 6.95. The molecule has 1 aromatic heterocycles. The number of ether oxygens (including phenoxy) is 1. The predicted molar refractivity (Wildman–Crippen MR) is 52.9 cm³/mol. The number of hydrogen-bond acceptors (Lipinski definition) is 3. The van der Waals surface area contributed by atoms with Crippen molar-refractivity contribution >= 4 is 17.2 Å². The number of hydrogen-bond donors (Lipinski definition) is 0. The summed E-state index contributed by atoms with van der Waals surface area (Å²) in [7, 11) is 0. The molecule has 2 heterocycles. The van der Waals surface area contributed by atoms with Crippen molar-refractivity contribution in [3.8, 4) is 0 Å². The number of benzene rings is 1. The molecule has 14 heavy (non-hydrogen) atoms. The quantitative estimate of drug-likeness (QED) is 0.600. The Morgan fingerprint density at radius 3 is 3.21 bits per heavy atom. The number of aromatic nitrogens is 1. The van der Waals surface area contributed by atoms with E-state index in [9.17, 15) is 0 Å². The van der Waals surface area contributed by atoms with Gasteiger partial charge in [-0.3, -0.25) is 4.98 Å². The van der Waals surface area contributed by atoms with E-state index >= 15 is 0 Å². The summed E-state index contributed by atoms with van der Waals surface area (Å²) in [4.78, 5) is 8.57. The maximum absolute atomic E-state index is 5.17. The number of nitrogens with zero attached hydrogens (tertiary/aromatic N) is 2. The van der Waals surface area contributed by atoms with Gasteiger partial charge < -0.3 is 4.74 Å². The average molecular weight is 184 g/mol. The van der Waals surface area contributed by atoms with Crippen LogP contribution in [0.5, 0.6) is 0 Å². The molecule has 68 valence electrons. The molecule has 2 aromatic rings. The molecule has 0 radical (unpaired) electrons. The zero-order valence-corrected chi connectivity index (χ0v) is 7.47. The van der Waals surface area contributed by atoms with Gasteiger partial charge in [0.15, 0.2) is 6.73 Å². The molecule has 0 amide bonds. The van der Waals surface area contributed by atoms with Gasteiger partial charge in [-0.25, -0.2) is 4.99 Å². The maximum Gasteiger partial charge on any atom is 0.178 e. The summed E-state index contributed by atoms with van der Waals surface area (Å²) in [5, 5.41) is 3.06. The molecule has 3 nitrogen and oxygen atoms in total. The number of fused-ring (bicyclic) bond motifs is 3. The molecule has 0 atom stereocenters. The molecule has 3 rings (SSSR count). The molecular formula is C11H8N2O. The molecule has 1 aliphatic rings. The van der Waals surface area contributed by atoms with Gasteiger partial charge in [0.25, 0.3) is 0 Å². The smallest absolute Gasteiger partial charge is 0.178 e. The van der Waals surface area contributed by atoms with Crippen LogP contribution in [0.1, 0.15) is 0 Å². The van der Waals surface area contributed by atoms with E-state index in [0.29, 0.717) is 6.73 Å². The summed E-state index contributed by atoms with van der Waals surface area (Å²) in [5.74, 6) is 0. The van der Waals surface area contributed by atoms with Crippen LogP contribution in [0.2, 0.25) is 0 Å². The third-order valence-corrected chi connectivity index (χ3v) is 2.30. The highest BCUT2D eigenvalue weighted by atomic mass is 16.5. The minimum atomic E-state index is 0.408. The van der Waals surface area contributed by atoms with Crippen molar-refractivity contribution in [3.05, 3.63) is 41.0 Å². The lowest BCUT2D eigenvalue weighted by Crippen LogP contribution is -2.29. The van der Waals surface area contributed by atoms with Crippen molar-refractivity contribution in [3.63, 3.8) is 0 Å². The van der Waals surface area contributed by atoms with E-state index in [1.807, 2.05) is 24.3 Å². The Balaban J connectivity index is 2.60. The van der Waals surface area contributed by atoms with Gasteiger partial charge in [-0.2, -0.15) is 0 Å². The minimum Gasteiger partial charge on any atom is -0.478 e. The summed E-state index contributed by atoms with van der Waals surface area (Å²) in [6.45, 7) is 0.408. The van der Waals surface area contributed by atoms with Crippen LogP contribution in [-0.2, 0) is 4.74 Å². The van der Waals surface area contributed by atoms with Crippen LogP contribution in [0.25, 0.3) is 17.2 Å². The van der Waals surface area contributed by atoms with Gasteiger partial charge in [0, 0.05) is 11.6 Å². The van der Waals surface area contributed by atoms with Crippen molar-refractivity contribution in [1.82, 2.24) is 4.98 Å². The van der Waals surface area contributed by atoms with E-state index in [1.54, 1.807) is 12.5 Å². The topological polar surface area (TPSA) is 34.5 Å². The molecule has 3 heteroatoms. The highest BCUT2D eigenvalue weighted by Gasteiger charge is 2.00. The first-order valence-electron chi connectivity index (χ1n) is 4.45. The standard InChI is InChI=1S/C11H8N2O/c1-2-8-3-4-10-9(6-14-7-13-10)11(8)12-5-1/h1-6H,7H2. The lowest BCUT2D eigenvalue weighted by atomic mass is 10.2. The molecule has 1 aromatic carbocycles. The molecule has 0 saturated heterocycles. The predicted octanol–water partition coefficient (Wildman–Crippen LogP) is 0.580. The molecule has 0 bridgehead atoms. The summed E-state index contributed by atoms with van der Waals surface area (Å²) < 4.78 is 5.17. The Labute approximate surface area is 80.4 Å². The fourth-order valence-corrected chi connectivity index (χ4v) is 1.64. The summed E-state index contributed by atoms with van der Waals surface area (Å²) >= 11 is 0. The second-order valence-corrected chi connectivity index (χ2v) is 3.15. The Hall–Kier alpha value is -1.90. The lowest BCUT2D eigenvalue weighted by Gasteiger charge is -2.03. The van der Waals surface area contributed by atoms with Crippen LogP contribution in [0, 0.1) is 0 Å². The first-order valence-corrected chi connectivity index (χ1v) is 4.45. The first kappa shape index (κ1) is 7.50. The minimum absolute atomic E-state index is 0.408. The van der Waals surface area contributed by atoms with Crippen molar-refractivity contribution < 1.29 is 4.74 Å². The molecule has 0 saturated carbocycles. The molecule has 0 N–H and O–H groups in total. The lowest BCUT2D eigenvalue weighted by molar-refractivity contribution is 0.296. The normalized spacial score (nSPS) is 13.7. The average Bonchev–Trinajstić information content (AvgIpc) is 2.29. The van der Waals surface area contributed by atoms with Gasteiger partial charge in [0.1, 0.15) is 0 Å². The third kappa shape index (κ3) is 0.988. The zero-order chi connectivity index (χ0) is 9.38. The van der Waals surface area contributed by atoms with Gasteiger partial charge in [-0.05, 0) is 12.1 Å². The van der Waals surface area contributed by atoms with Crippen LogP contribution < -0.4 is 10.6 Å². The molecule has 0 spiro atoms. The summed E-state index contributed by atoms with van der Waals surface area (Å²) in [5.41, 5.74) is 0.952. The van der Waals surface area contributed by atoms with Crippen molar-refractivity contribution in [2.75, 3.05) is 6.73 Å². The highest BCUT2D eigenvalue weighted by molar-refractivity contribution is 5.78. The SMILES string of the molecule is C1=c2c(ccc3cccnc23)=NCO1. The van der Waals surface area contributed by atoms with Crippen LogP contribution >= 0.6 is 0 Å².